The van der Waals surface area contributed by atoms with Gasteiger partial charge < -0.3 is 14.4 Å². The summed E-state index contributed by atoms with van der Waals surface area (Å²) in [7, 11) is -3.05. The fourth-order valence-electron chi connectivity index (χ4n) is 4.94. The molecule has 1 amide bonds. The lowest BCUT2D eigenvalue weighted by atomic mass is 9.82. The van der Waals surface area contributed by atoms with Gasteiger partial charge in [-0.3, -0.25) is 0 Å². The smallest absolute Gasteiger partial charge is 0.415 e. The van der Waals surface area contributed by atoms with Crippen LogP contribution in [0.3, 0.4) is 0 Å². The van der Waals surface area contributed by atoms with Crippen LogP contribution in [-0.4, -0.2) is 44.4 Å². The zero-order valence-corrected chi connectivity index (χ0v) is 21.6. The van der Waals surface area contributed by atoms with Crippen molar-refractivity contribution < 1.29 is 22.7 Å². The Labute approximate surface area is 216 Å². The second kappa shape index (κ2) is 9.79. The van der Waals surface area contributed by atoms with E-state index in [9.17, 15) is 13.2 Å². The Morgan fingerprint density at radius 1 is 1.00 bits per heavy atom. The van der Waals surface area contributed by atoms with E-state index in [-0.39, 0.29) is 17.4 Å². The van der Waals surface area contributed by atoms with Gasteiger partial charge in [0, 0.05) is 37.2 Å². The van der Waals surface area contributed by atoms with Crippen molar-refractivity contribution in [2.24, 2.45) is 0 Å². The first-order valence-electron chi connectivity index (χ1n) is 12.0. The van der Waals surface area contributed by atoms with Gasteiger partial charge >= 0.3 is 6.09 Å². The van der Waals surface area contributed by atoms with Crippen molar-refractivity contribution in [2.45, 2.75) is 37.0 Å². The number of hydrogen-bond acceptors (Lipinski definition) is 5. The summed E-state index contributed by atoms with van der Waals surface area (Å²) in [4.78, 5) is 14.3. The lowest BCUT2D eigenvalue weighted by Gasteiger charge is -2.44. The molecule has 2 aliphatic rings. The quantitative estimate of drug-likeness (QED) is 0.423. The lowest BCUT2D eigenvalue weighted by Crippen LogP contribution is -2.51. The molecule has 6 nitrogen and oxygen atoms in total. The Hall–Kier alpha value is -3.03. The predicted molar refractivity (Wildman–Crippen MR) is 140 cm³/mol. The Morgan fingerprint density at radius 3 is 2.42 bits per heavy atom. The third-order valence-electron chi connectivity index (χ3n) is 6.89. The van der Waals surface area contributed by atoms with Gasteiger partial charge in [-0.05, 0) is 65.4 Å². The van der Waals surface area contributed by atoms with Crippen molar-refractivity contribution in [2.75, 3.05) is 19.3 Å². The third kappa shape index (κ3) is 5.68. The zero-order chi connectivity index (χ0) is 25.3. The van der Waals surface area contributed by atoms with Gasteiger partial charge in [-0.1, -0.05) is 48.0 Å². The molecule has 1 spiro atoms. The van der Waals surface area contributed by atoms with Crippen LogP contribution in [0.2, 0.25) is 5.02 Å². The van der Waals surface area contributed by atoms with Gasteiger partial charge in [0.05, 0.1) is 5.75 Å². The van der Waals surface area contributed by atoms with Crippen molar-refractivity contribution in [3.63, 3.8) is 0 Å². The predicted octanol–water partition coefficient (Wildman–Crippen LogP) is 5.91. The highest BCUT2D eigenvalue weighted by atomic mass is 35.5. The van der Waals surface area contributed by atoms with Gasteiger partial charge in [0.15, 0.2) is 9.84 Å². The van der Waals surface area contributed by atoms with E-state index in [1.54, 1.807) is 29.2 Å². The number of ether oxygens (including phenoxy) is 2. The Bertz CT molecular complexity index is 1380. The van der Waals surface area contributed by atoms with Gasteiger partial charge in [0.2, 0.25) is 0 Å². The molecule has 0 saturated carbocycles. The van der Waals surface area contributed by atoms with Gasteiger partial charge in [-0.2, -0.15) is 0 Å². The molecule has 0 radical (unpaired) electrons. The number of sulfone groups is 1. The van der Waals surface area contributed by atoms with E-state index in [1.165, 1.54) is 11.8 Å². The van der Waals surface area contributed by atoms with E-state index >= 15 is 0 Å². The fraction of sp³-hybridized carbons (Fsp3) is 0.321. The van der Waals surface area contributed by atoms with Crippen molar-refractivity contribution in [3.05, 3.63) is 82.9 Å². The Balaban J connectivity index is 1.21. The molecular formula is C28H28ClNO5S. The molecule has 1 saturated heterocycles. The topological polar surface area (TPSA) is 72.9 Å². The van der Waals surface area contributed by atoms with E-state index in [2.05, 4.69) is 6.07 Å². The molecule has 3 aromatic carbocycles. The summed E-state index contributed by atoms with van der Waals surface area (Å²) >= 11 is 5.98. The number of piperidine rings is 1. The highest BCUT2D eigenvalue weighted by Crippen LogP contribution is 2.41. The number of likely N-dealkylation sites (tertiary alicyclic amines) is 1. The van der Waals surface area contributed by atoms with E-state index in [4.69, 9.17) is 21.1 Å². The summed E-state index contributed by atoms with van der Waals surface area (Å²) in [6.45, 7) is 1.15. The van der Waals surface area contributed by atoms with E-state index in [0.717, 1.165) is 48.1 Å². The maximum Gasteiger partial charge on any atom is 0.415 e. The first-order chi connectivity index (χ1) is 17.2. The molecule has 188 valence electrons. The molecule has 5 rings (SSSR count). The summed E-state index contributed by atoms with van der Waals surface area (Å²) in [5.74, 6) is 1.38. The van der Waals surface area contributed by atoms with Crippen LogP contribution in [0.15, 0.2) is 66.7 Å². The molecule has 2 heterocycles. The lowest BCUT2D eigenvalue weighted by molar-refractivity contribution is -0.00948. The van der Waals surface area contributed by atoms with Gasteiger partial charge in [0.1, 0.15) is 17.1 Å². The van der Waals surface area contributed by atoms with E-state index < -0.39 is 9.84 Å². The molecule has 36 heavy (non-hydrogen) atoms. The van der Waals surface area contributed by atoms with Crippen LogP contribution in [0.4, 0.5) is 4.79 Å². The SMILES string of the molecule is CS(=O)(=O)Cc1ccc(-c2ccc3c(c2)CCC2(CCN(C(=O)Oc4cccc(Cl)c4)CC2)O3)cc1. The average molecular weight is 526 g/mol. The molecule has 0 aromatic heterocycles. The molecule has 0 unspecified atom stereocenters. The standard InChI is InChI=1S/C28H28ClNO5S/c1-36(32,33)19-20-5-7-21(8-6-20)22-9-10-26-23(17-22)11-12-28(35-26)13-15-30(16-14-28)27(31)34-25-4-2-3-24(29)18-25/h2-10,17-18H,11-16,19H2,1H3. The largest absolute Gasteiger partial charge is 0.487 e. The molecular weight excluding hydrogens is 498 g/mol. The van der Waals surface area contributed by atoms with Crippen molar-refractivity contribution in [1.29, 1.82) is 0 Å². The monoisotopic (exact) mass is 525 g/mol. The zero-order valence-electron chi connectivity index (χ0n) is 20.1. The van der Waals surface area contributed by atoms with Gasteiger partial charge in [-0.15, -0.1) is 0 Å². The molecule has 0 atom stereocenters. The summed E-state index contributed by atoms with van der Waals surface area (Å²) in [6.07, 6.45) is 4.18. The number of aryl methyl sites for hydroxylation is 1. The normalized spacial score (nSPS) is 16.8. The molecule has 0 N–H and O–H groups in total. The molecule has 0 bridgehead atoms. The minimum absolute atomic E-state index is 0.0448. The van der Waals surface area contributed by atoms with Crippen LogP contribution in [0.1, 0.15) is 30.4 Å². The summed E-state index contributed by atoms with van der Waals surface area (Å²) < 4.78 is 35.1. The van der Waals surface area contributed by atoms with Crippen molar-refractivity contribution >= 4 is 27.5 Å². The minimum Gasteiger partial charge on any atom is -0.487 e. The minimum atomic E-state index is -3.05. The van der Waals surface area contributed by atoms with Crippen molar-refractivity contribution in [1.82, 2.24) is 4.90 Å². The number of hydrogen-bond donors (Lipinski definition) is 0. The Kier molecular flexibility index (Phi) is 6.70. The van der Waals surface area contributed by atoms with Gasteiger partial charge in [-0.25, -0.2) is 13.2 Å². The molecule has 0 aliphatic carbocycles. The van der Waals surface area contributed by atoms with Crippen LogP contribution < -0.4 is 9.47 Å². The van der Waals surface area contributed by atoms with Crippen LogP contribution in [0.25, 0.3) is 11.1 Å². The van der Waals surface area contributed by atoms with Crippen LogP contribution in [-0.2, 0) is 22.0 Å². The highest BCUT2D eigenvalue weighted by Gasteiger charge is 2.40. The van der Waals surface area contributed by atoms with Crippen LogP contribution in [0.5, 0.6) is 11.5 Å². The highest BCUT2D eigenvalue weighted by molar-refractivity contribution is 7.89. The van der Waals surface area contributed by atoms with Crippen molar-refractivity contribution in [3.8, 4) is 22.6 Å². The van der Waals surface area contributed by atoms with Gasteiger partial charge in [0.25, 0.3) is 0 Å². The Morgan fingerprint density at radius 2 is 1.72 bits per heavy atom. The number of amides is 1. The fourth-order valence-corrected chi connectivity index (χ4v) is 5.92. The van der Waals surface area contributed by atoms with E-state index in [0.29, 0.717) is 23.9 Å². The molecule has 1 fully saturated rings. The van der Waals surface area contributed by atoms with Crippen LogP contribution in [0, 0.1) is 0 Å². The van der Waals surface area contributed by atoms with E-state index in [1.807, 2.05) is 36.4 Å². The maximum absolute atomic E-state index is 12.6. The second-order valence-electron chi connectivity index (χ2n) is 9.69. The number of nitrogens with zero attached hydrogens (tertiary/aromatic N) is 1. The average Bonchev–Trinajstić information content (AvgIpc) is 2.84. The number of carbonyl (C=O) groups excluding carboxylic acids is 1. The number of halogens is 1. The molecule has 3 aromatic rings. The van der Waals surface area contributed by atoms with Crippen LogP contribution >= 0.6 is 11.6 Å². The number of fused-ring (bicyclic) bond motifs is 1. The number of benzene rings is 3. The summed E-state index contributed by atoms with van der Waals surface area (Å²) in [5.41, 5.74) is 3.81. The molecule has 8 heteroatoms. The third-order valence-corrected chi connectivity index (χ3v) is 7.98. The maximum atomic E-state index is 12.6. The number of rotatable bonds is 4. The summed E-state index contributed by atoms with van der Waals surface area (Å²) in [5, 5.41) is 0.527. The molecule has 2 aliphatic heterocycles. The first-order valence-corrected chi connectivity index (χ1v) is 14.4. The summed E-state index contributed by atoms with van der Waals surface area (Å²) in [6, 6.07) is 20.7. The second-order valence-corrected chi connectivity index (χ2v) is 12.3. The number of carbonyl (C=O) groups is 1. The first kappa shape index (κ1) is 24.7.